The number of hydrogen-bond acceptors (Lipinski definition) is 4. The lowest BCUT2D eigenvalue weighted by molar-refractivity contribution is 0.340. The van der Waals surface area contributed by atoms with Gasteiger partial charge in [-0.1, -0.05) is 12.1 Å². The van der Waals surface area contributed by atoms with Crippen LogP contribution >= 0.6 is 12.2 Å². The Bertz CT molecular complexity index is 1370. The second kappa shape index (κ2) is 11.0. The molecule has 0 fully saturated rings. The smallest absolute Gasteiger partial charge is 0.253 e. The first-order valence-corrected chi connectivity index (χ1v) is 11.6. The van der Waals surface area contributed by atoms with Crippen LogP contribution in [0, 0.1) is 5.82 Å². The second-order valence-electron chi connectivity index (χ2n) is 7.95. The van der Waals surface area contributed by atoms with Crippen LogP contribution in [0.25, 0.3) is 10.9 Å². The lowest BCUT2D eigenvalue weighted by atomic mass is 10.1. The number of thiocarbonyl (C=S) groups is 1. The van der Waals surface area contributed by atoms with Gasteiger partial charge in [0.05, 0.1) is 20.3 Å². The minimum atomic E-state index is -0.310. The minimum absolute atomic E-state index is 0.196. The number of aromatic amines is 1. The number of ether oxygens (including phenoxy) is 2. The molecule has 3 aromatic carbocycles. The molecular formula is C27H26FN3O3S. The van der Waals surface area contributed by atoms with Gasteiger partial charge in [0.1, 0.15) is 17.3 Å². The summed E-state index contributed by atoms with van der Waals surface area (Å²) in [7, 11) is 1.61. The Kier molecular flexibility index (Phi) is 7.62. The first-order valence-electron chi connectivity index (χ1n) is 11.2. The van der Waals surface area contributed by atoms with Gasteiger partial charge in [0.15, 0.2) is 5.11 Å². The van der Waals surface area contributed by atoms with Crippen LogP contribution in [0.5, 0.6) is 11.5 Å². The summed E-state index contributed by atoms with van der Waals surface area (Å²) in [6, 6.07) is 21.0. The van der Waals surface area contributed by atoms with Crippen molar-refractivity contribution in [2.45, 2.75) is 20.0 Å². The Morgan fingerprint density at radius 1 is 1.00 bits per heavy atom. The van der Waals surface area contributed by atoms with Crippen molar-refractivity contribution in [2.75, 3.05) is 19.0 Å². The topological polar surface area (TPSA) is 66.6 Å². The Morgan fingerprint density at radius 3 is 2.40 bits per heavy atom. The van der Waals surface area contributed by atoms with Crippen LogP contribution in [0.1, 0.15) is 18.1 Å². The highest BCUT2D eigenvalue weighted by Crippen LogP contribution is 2.21. The second-order valence-corrected chi connectivity index (χ2v) is 8.33. The predicted octanol–water partition coefficient (Wildman–Crippen LogP) is 5.47. The van der Waals surface area contributed by atoms with Crippen LogP contribution in [-0.2, 0) is 13.1 Å². The third-order valence-corrected chi connectivity index (χ3v) is 5.84. The average Bonchev–Trinajstić information content (AvgIpc) is 2.86. The summed E-state index contributed by atoms with van der Waals surface area (Å²) in [5.74, 6) is 1.16. The van der Waals surface area contributed by atoms with Crippen molar-refractivity contribution >= 4 is 33.9 Å². The molecule has 0 aliphatic carbocycles. The number of pyridine rings is 1. The van der Waals surface area contributed by atoms with E-state index in [1.165, 1.54) is 12.1 Å². The third-order valence-electron chi connectivity index (χ3n) is 5.48. The summed E-state index contributed by atoms with van der Waals surface area (Å²) >= 11 is 5.71. The standard InChI is InChI=1S/C27H26FN3O3S/c1-3-34-24-12-13-25-19(15-24)14-20(26(32)30-25)17-31(16-18-4-6-21(28)7-5-18)27(35)29-22-8-10-23(33-2)11-9-22/h4-15H,3,16-17H2,1-2H3,(H,29,35)(H,30,32). The normalized spacial score (nSPS) is 10.7. The van der Waals surface area contributed by atoms with E-state index < -0.39 is 0 Å². The number of anilines is 1. The summed E-state index contributed by atoms with van der Waals surface area (Å²) in [6.45, 7) is 3.12. The van der Waals surface area contributed by atoms with Crippen molar-refractivity contribution in [3.63, 3.8) is 0 Å². The van der Waals surface area contributed by atoms with E-state index in [9.17, 15) is 9.18 Å². The molecule has 0 radical (unpaired) electrons. The summed E-state index contributed by atoms with van der Waals surface area (Å²) in [6.07, 6.45) is 0. The van der Waals surface area contributed by atoms with Crippen LogP contribution < -0.4 is 20.3 Å². The molecule has 0 amide bonds. The fraction of sp³-hybridized carbons (Fsp3) is 0.185. The molecular weight excluding hydrogens is 465 g/mol. The fourth-order valence-electron chi connectivity index (χ4n) is 3.70. The molecule has 0 aliphatic rings. The quantitative estimate of drug-likeness (QED) is 0.319. The van der Waals surface area contributed by atoms with Gasteiger partial charge in [-0.15, -0.1) is 0 Å². The van der Waals surface area contributed by atoms with Gasteiger partial charge in [0.2, 0.25) is 0 Å². The number of H-pyrrole nitrogens is 1. The van der Waals surface area contributed by atoms with Crippen LogP contribution in [0.4, 0.5) is 10.1 Å². The van der Waals surface area contributed by atoms with Gasteiger partial charge in [-0.3, -0.25) is 4.79 Å². The zero-order valence-corrected chi connectivity index (χ0v) is 20.3. The molecule has 1 heterocycles. The first kappa shape index (κ1) is 24.2. The van der Waals surface area contributed by atoms with Crippen molar-refractivity contribution in [1.29, 1.82) is 0 Å². The Labute approximate surface area is 208 Å². The summed E-state index contributed by atoms with van der Waals surface area (Å²) in [4.78, 5) is 17.7. The highest BCUT2D eigenvalue weighted by Gasteiger charge is 2.15. The van der Waals surface area contributed by atoms with Gasteiger partial charge in [0.25, 0.3) is 5.56 Å². The lowest BCUT2D eigenvalue weighted by Gasteiger charge is -2.26. The van der Waals surface area contributed by atoms with Gasteiger partial charge in [0, 0.05) is 28.7 Å². The monoisotopic (exact) mass is 491 g/mol. The Balaban J connectivity index is 1.63. The van der Waals surface area contributed by atoms with E-state index in [1.807, 2.05) is 60.4 Å². The molecule has 0 bridgehead atoms. The van der Waals surface area contributed by atoms with Gasteiger partial charge in [-0.2, -0.15) is 0 Å². The maximum absolute atomic E-state index is 13.4. The van der Waals surface area contributed by atoms with E-state index in [0.29, 0.717) is 23.8 Å². The molecule has 4 aromatic rings. The number of methoxy groups -OCH3 is 1. The molecule has 2 N–H and O–H groups in total. The molecule has 180 valence electrons. The SMILES string of the molecule is CCOc1ccc2[nH]c(=O)c(CN(Cc3ccc(F)cc3)C(=S)Nc3ccc(OC)cc3)cc2c1. The molecule has 0 saturated heterocycles. The number of nitrogens with one attached hydrogen (secondary N) is 2. The molecule has 1 aromatic heterocycles. The number of benzene rings is 3. The molecule has 35 heavy (non-hydrogen) atoms. The van der Waals surface area contributed by atoms with Crippen LogP contribution in [0.2, 0.25) is 0 Å². The zero-order chi connectivity index (χ0) is 24.8. The van der Waals surface area contributed by atoms with Crippen molar-refractivity contribution in [1.82, 2.24) is 9.88 Å². The number of nitrogens with zero attached hydrogens (tertiary/aromatic N) is 1. The predicted molar refractivity (Wildman–Crippen MR) is 141 cm³/mol. The highest BCUT2D eigenvalue weighted by atomic mass is 32.1. The van der Waals surface area contributed by atoms with E-state index in [2.05, 4.69) is 10.3 Å². The molecule has 0 unspecified atom stereocenters. The van der Waals surface area contributed by atoms with Gasteiger partial charge >= 0.3 is 0 Å². The van der Waals surface area contributed by atoms with Gasteiger partial charge in [-0.05, 0) is 85.4 Å². The van der Waals surface area contributed by atoms with E-state index in [1.54, 1.807) is 19.2 Å². The molecule has 4 rings (SSSR count). The minimum Gasteiger partial charge on any atom is -0.497 e. The van der Waals surface area contributed by atoms with Gasteiger partial charge in [-0.25, -0.2) is 4.39 Å². The van der Waals surface area contributed by atoms with Crippen molar-refractivity contribution < 1.29 is 13.9 Å². The van der Waals surface area contributed by atoms with E-state index in [4.69, 9.17) is 21.7 Å². The van der Waals surface area contributed by atoms with E-state index in [0.717, 1.165) is 33.7 Å². The highest BCUT2D eigenvalue weighted by molar-refractivity contribution is 7.80. The lowest BCUT2D eigenvalue weighted by Crippen LogP contribution is -2.35. The molecule has 6 nitrogen and oxygen atoms in total. The Hall–Kier alpha value is -3.91. The fourth-order valence-corrected chi connectivity index (χ4v) is 3.94. The Morgan fingerprint density at radius 2 is 1.71 bits per heavy atom. The van der Waals surface area contributed by atoms with Crippen molar-refractivity contribution in [3.8, 4) is 11.5 Å². The number of aromatic nitrogens is 1. The van der Waals surface area contributed by atoms with E-state index >= 15 is 0 Å². The van der Waals surface area contributed by atoms with Crippen LogP contribution in [0.3, 0.4) is 0 Å². The molecule has 0 saturated carbocycles. The molecule has 0 spiro atoms. The molecule has 0 atom stereocenters. The largest absolute Gasteiger partial charge is 0.497 e. The first-order chi connectivity index (χ1) is 16.9. The summed E-state index contributed by atoms with van der Waals surface area (Å²) in [5.41, 5.74) is 2.73. The van der Waals surface area contributed by atoms with Crippen LogP contribution in [0.15, 0.2) is 77.6 Å². The summed E-state index contributed by atoms with van der Waals surface area (Å²) in [5, 5.41) is 4.52. The summed E-state index contributed by atoms with van der Waals surface area (Å²) < 4.78 is 24.3. The zero-order valence-electron chi connectivity index (χ0n) is 19.5. The third kappa shape index (κ3) is 6.16. The maximum Gasteiger partial charge on any atom is 0.253 e. The van der Waals surface area contributed by atoms with Gasteiger partial charge < -0.3 is 24.7 Å². The van der Waals surface area contributed by atoms with E-state index in [-0.39, 0.29) is 17.9 Å². The maximum atomic E-state index is 13.4. The van der Waals surface area contributed by atoms with Crippen molar-refractivity contribution in [3.05, 3.63) is 100 Å². The number of rotatable bonds is 8. The molecule has 0 aliphatic heterocycles. The average molecular weight is 492 g/mol. The molecule has 8 heteroatoms. The van der Waals surface area contributed by atoms with Crippen molar-refractivity contribution in [2.24, 2.45) is 0 Å². The number of hydrogen-bond donors (Lipinski definition) is 2. The number of fused-ring (bicyclic) bond motifs is 1. The van der Waals surface area contributed by atoms with Crippen LogP contribution in [-0.4, -0.2) is 28.7 Å². The number of halogens is 1.